The van der Waals surface area contributed by atoms with Gasteiger partial charge in [0, 0.05) is 24.8 Å². The maximum Gasteiger partial charge on any atom is 0.493 e. The van der Waals surface area contributed by atoms with Crippen LogP contribution in [0.15, 0.2) is 12.3 Å². The zero-order chi connectivity index (χ0) is 21.6. The van der Waals surface area contributed by atoms with Crippen molar-refractivity contribution < 1.29 is 27.6 Å². The maximum atomic E-state index is 12.8. The highest BCUT2D eigenvalue weighted by Crippen LogP contribution is 2.23. The molecular formula is C17H21F3N6O3. The number of hydrogen-bond donors (Lipinski definition) is 1. The number of nitrogens with zero attached hydrogens (tertiary/aromatic N) is 5. The van der Waals surface area contributed by atoms with Crippen LogP contribution in [0.4, 0.5) is 23.8 Å². The lowest BCUT2D eigenvalue weighted by molar-refractivity contribution is -0.230. The monoisotopic (exact) mass is 414 g/mol. The highest BCUT2D eigenvalue weighted by molar-refractivity contribution is 5.80. The fourth-order valence-corrected chi connectivity index (χ4v) is 2.78. The summed E-state index contributed by atoms with van der Waals surface area (Å²) in [7, 11) is 0. The molecule has 0 atom stereocenters. The molecule has 1 heterocycles. The third kappa shape index (κ3) is 6.20. The Bertz CT molecular complexity index is 774. The van der Waals surface area contributed by atoms with Crippen molar-refractivity contribution in [2.45, 2.75) is 51.7 Å². The van der Waals surface area contributed by atoms with Gasteiger partial charge in [-0.2, -0.15) is 23.4 Å². The van der Waals surface area contributed by atoms with E-state index in [1.54, 1.807) is 19.9 Å². The molecule has 0 saturated heterocycles. The first kappa shape index (κ1) is 22.2. The Hall–Kier alpha value is -3.10. The number of nitriles is 1. The van der Waals surface area contributed by atoms with Crippen LogP contribution in [-0.4, -0.2) is 45.9 Å². The van der Waals surface area contributed by atoms with Gasteiger partial charge in [0.15, 0.2) is 5.82 Å². The Morgan fingerprint density at radius 3 is 2.59 bits per heavy atom. The first-order chi connectivity index (χ1) is 13.6. The zero-order valence-electron chi connectivity index (χ0n) is 15.9. The van der Waals surface area contributed by atoms with E-state index in [0.29, 0.717) is 12.8 Å². The van der Waals surface area contributed by atoms with Crippen LogP contribution in [0.1, 0.15) is 45.4 Å². The van der Waals surface area contributed by atoms with Gasteiger partial charge in [0.2, 0.25) is 5.82 Å². The van der Waals surface area contributed by atoms with Gasteiger partial charge in [-0.3, -0.25) is 0 Å². The van der Waals surface area contributed by atoms with Crippen molar-refractivity contribution in [3.63, 3.8) is 0 Å². The largest absolute Gasteiger partial charge is 0.493 e. The van der Waals surface area contributed by atoms with Crippen LogP contribution in [0.25, 0.3) is 0 Å². The van der Waals surface area contributed by atoms with E-state index in [9.17, 15) is 22.8 Å². The molecule has 0 unspecified atom stereocenters. The van der Waals surface area contributed by atoms with Gasteiger partial charge in [0.25, 0.3) is 0 Å². The molecule has 158 valence electrons. The molecular weight excluding hydrogens is 393 g/mol. The smallest absolute Gasteiger partial charge is 0.331 e. The van der Waals surface area contributed by atoms with Crippen LogP contribution in [0, 0.1) is 17.2 Å². The summed E-state index contributed by atoms with van der Waals surface area (Å²) in [5.41, 5.74) is 0. The molecule has 1 aliphatic carbocycles. The zero-order valence-corrected chi connectivity index (χ0v) is 15.9. The molecule has 0 spiro atoms. The van der Waals surface area contributed by atoms with Crippen LogP contribution >= 0.6 is 0 Å². The van der Waals surface area contributed by atoms with E-state index in [1.807, 2.05) is 0 Å². The van der Waals surface area contributed by atoms with E-state index in [4.69, 9.17) is 5.26 Å². The lowest BCUT2D eigenvalue weighted by Crippen LogP contribution is -2.56. The van der Waals surface area contributed by atoms with Gasteiger partial charge in [0.1, 0.15) is 6.07 Å². The number of rotatable bonds is 5. The number of halogens is 3. The van der Waals surface area contributed by atoms with Gasteiger partial charge in [-0.15, -0.1) is 0 Å². The number of carbonyl (C=O) groups excluding carboxylic acids is 2. The average Bonchev–Trinajstić information content (AvgIpc) is 3.16. The van der Waals surface area contributed by atoms with E-state index < -0.39 is 18.2 Å². The summed E-state index contributed by atoms with van der Waals surface area (Å²) in [6.45, 7) is 3.47. The lowest BCUT2D eigenvalue weighted by Gasteiger charge is -2.34. The van der Waals surface area contributed by atoms with Gasteiger partial charge >= 0.3 is 18.2 Å². The van der Waals surface area contributed by atoms with Crippen molar-refractivity contribution in [1.29, 1.82) is 5.26 Å². The van der Waals surface area contributed by atoms with E-state index in [0.717, 1.165) is 17.9 Å². The van der Waals surface area contributed by atoms with Gasteiger partial charge in [-0.05, 0) is 23.9 Å². The fourth-order valence-electron chi connectivity index (χ4n) is 2.78. The van der Waals surface area contributed by atoms with Crippen LogP contribution < -0.4 is 10.3 Å². The van der Waals surface area contributed by atoms with Crippen LogP contribution in [-0.2, 0) is 9.63 Å². The first-order valence-corrected chi connectivity index (χ1v) is 9.02. The van der Waals surface area contributed by atoms with E-state index in [1.165, 1.54) is 12.3 Å². The first-order valence-electron chi connectivity index (χ1n) is 9.02. The number of hydrazine groups is 1. The number of aromatic nitrogens is 2. The SMILES string of the molecule is CC(C)CN(c1ccnc(C#N)n1)N(OC(=O)C(F)(F)F)C(=O)NC1CCCC1. The second kappa shape index (κ2) is 9.40. The second-order valence-corrected chi connectivity index (χ2v) is 6.91. The fraction of sp³-hybridized carbons (Fsp3) is 0.588. The van der Waals surface area contributed by atoms with Gasteiger partial charge in [-0.1, -0.05) is 26.7 Å². The normalized spacial score (nSPS) is 14.4. The van der Waals surface area contributed by atoms with Crippen molar-refractivity contribution in [1.82, 2.24) is 20.5 Å². The predicted molar refractivity (Wildman–Crippen MR) is 93.7 cm³/mol. The average molecular weight is 414 g/mol. The Morgan fingerprint density at radius 2 is 2.03 bits per heavy atom. The molecule has 9 nitrogen and oxygen atoms in total. The molecule has 1 aromatic rings. The molecule has 0 aromatic carbocycles. The van der Waals surface area contributed by atoms with E-state index >= 15 is 0 Å². The molecule has 1 fully saturated rings. The number of hydroxylamine groups is 1. The van der Waals surface area contributed by atoms with Crippen molar-refractivity contribution in [3.05, 3.63) is 18.1 Å². The van der Waals surface area contributed by atoms with Crippen molar-refractivity contribution in [2.75, 3.05) is 11.6 Å². The number of urea groups is 1. The minimum absolute atomic E-state index is 0.0227. The Morgan fingerprint density at radius 1 is 1.38 bits per heavy atom. The van der Waals surface area contributed by atoms with Gasteiger partial charge in [-0.25, -0.2) is 19.6 Å². The molecule has 0 aliphatic heterocycles. The Balaban J connectivity index is 2.39. The molecule has 0 bridgehead atoms. The molecule has 2 amide bonds. The molecule has 1 aliphatic rings. The molecule has 1 aromatic heterocycles. The number of carbonyl (C=O) groups is 2. The van der Waals surface area contributed by atoms with Crippen molar-refractivity contribution in [3.8, 4) is 6.07 Å². The topological polar surface area (TPSA) is 111 Å². The number of anilines is 1. The summed E-state index contributed by atoms with van der Waals surface area (Å²) in [6.07, 6.45) is -1.00. The van der Waals surface area contributed by atoms with Crippen molar-refractivity contribution in [2.24, 2.45) is 5.92 Å². The minimum Gasteiger partial charge on any atom is -0.331 e. The van der Waals surface area contributed by atoms with E-state index in [2.05, 4.69) is 20.1 Å². The van der Waals surface area contributed by atoms with Gasteiger partial charge < -0.3 is 10.2 Å². The Kier molecular flexibility index (Phi) is 7.19. The van der Waals surface area contributed by atoms with Crippen LogP contribution in [0.3, 0.4) is 0 Å². The molecule has 2 rings (SSSR count). The predicted octanol–water partition coefficient (Wildman–Crippen LogP) is 2.70. The third-order valence-corrected chi connectivity index (χ3v) is 4.02. The number of hydrogen-bond acceptors (Lipinski definition) is 7. The van der Waals surface area contributed by atoms with E-state index in [-0.39, 0.29) is 35.3 Å². The summed E-state index contributed by atoms with van der Waals surface area (Å²) in [5, 5.41) is 12.8. The summed E-state index contributed by atoms with van der Waals surface area (Å²) < 4.78 is 38.4. The summed E-state index contributed by atoms with van der Waals surface area (Å²) in [5.74, 6) is -3.04. The quantitative estimate of drug-likeness (QED) is 0.738. The summed E-state index contributed by atoms with van der Waals surface area (Å²) in [6, 6.07) is 1.73. The van der Waals surface area contributed by atoms with Crippen LogP contribution in [0.2, 0.25) is 0 Å². The number of amides is 2. The number of alkyl halides is 3. The van der Waals surface area contributed by atoms with Crippen LogP contribution in [0.5, 0.6) is 0 Å². The lowest BCUT2D eigenvalue weighted by atomic mass is 10.2. The third-order valence-electron chi connectivity index (χ3n) is 4.02. The maximum absolute atomic E-state index is 12.8. The summed E-state index contributed by atoms with van der Waals surface area (Å²) >= 11 is 0. The molecule has 1 N–H and O–H groups in total. The molecule has 1 saturated carbocycles. The van der Waals surface area contributed by atoms with Crippen molar-refractivity contribution >= 4 is 17.8 Å². The Labute approximate surface area is 165 Å². The molecule has 12 heteroatoms. The summed E-state index contributed by atoms with van der Waals surface area (Å²) in [4.78, 5) is 36.2. The standard InChI is InChI=1S/C17H21F3N6O3/c1-11(2)10-25(14-7-8-22-13(9-21)24-14)26(29-15(27)17(18,19)20)16(28)23-12-5-3-4-6-12/h7-8,11-12H,3-6,10H2,1-2H3,(H,23,28). The molecule has 29 heavy (non-hydrogen) atoms. The van der Waals surface area contributed by atoms with Gasteiger partial charge in [0.05, 0.1) is 0 Å². The highest BCUT2D eigenvalue weighted by Gasteiger charge is 2.45. The number of nitrogens with one attached hydrogen (secondary N) is 1. The highest BCUT2D eigenvalue weighted by atomic mass is 19.4. The minimum atomic E-state index is -5.31. The molecule has 0 radical (unpaired) electrons. The second-order valence-electron chi connectivity index (χ2n) is 6.91.